The standard InChI is InChI=1S/C18H21F2N5O/c1-21-15-9-10-22-18(25-15)24-12-7-5-11(6-8-12)23-17(26)13-3-2-4-14(19)16(13)20/h2-4,9-12H,5-8H2,1H3,(H,23,26)(H2,21,22,24,25). The van der Waals surface area contributed by atoms with Crippen molar-refractivity contribution < 1.29 is 13.6 Å². The second kappa shape index (κ2) is 8.07. The van der Waals surface area contributed by atoms with Gasteiger partial charge >= 0.3 is 0 Å². The van der Waals surface area contributed by atoms with Gasteiger partial charge in [0.15, 0.2) is 11.6 Å². The van der Waals surface area contributed by atoms with E-state index in [-0.39, 0.29) is 17.6 Å². The predicted octanol–water partition coefficient (Wildman–Crippen LogP) is 2.95. The summed E-state index contributed by atoms with van der Waals surface area (Å²) in [7, 11) is 1.79. The summed E-state index contributed by atoms with van der Waals surface area (Å²) in [5.74, 6) is -1.41. The first-order valence-electron chi connectivity index (χ1n) is 8.59. The first-order valence-corrected chi connectivity index (χ1v) is 8.59. The van der Waals surface area contributed by atoms with Crippen LogP contribution in [0.15, 0.2) is 30.5 Å². The molecule has 0 atom stereocenters. The van der Waals surface area contributed by atoms with E-state index in [1.165, 1.54) is 12.1 Å². The molecule has 138 valence electrons. The molecule has 1 saturated carbocycles. The zero-order valence-corrected chi connectivity index (χ0v) is 14.4. The van der Waals surface area contributed by atoms with Crippen molar-refractivity contribution in [2.75, 3.05) is 17.7 Å². The Morgan fingerprint density at radius 2 is 1.85 bits per heavy atom. The van der Waals surface area contributed by atoms with E-state index in [1.807, 2.05) is 0 Å². The smallest absolute Gasteiger partial charge is 0.254 e. The van der Waals surface area contributed by atoms with Crippen molar-refractivity contribution in [3.8, 4) is 0 Å². The number of carbonyl (C=O) groups is 1. The van der Waals surface area contributed by atoms with Gasteiger partial charge in [-0.05, 0) is 43.9 Å². The van der Waals surface area contributed by atoms with Gasteiger partial charge in [0.2, 0.25) is 5.95 Å². The van der Waals surface area contributed by atoms with E-state index in [4.69, 9.17) is 0 Å². The van der Waals surface area contributed by atoms with E-state index in [9.17, 15) is 13.6 Å². The first kappa shape index (κ1) is 18.0. The van der Waals surface area contributed by atoms with Crippen molar-refractivity contribution in [1.29, 1.82) is 0 Å². The number of benzene rings is 1. The third kappa shape index (κ3) is 4.25. The maximum atomic E-state index is 13.7. The molecule has 26 heavy (non-hydrogen) atoms. The molecule has 0 unspecified atom stereocenters. The van der Waals surface area contributed by atoms with E-state index in [2.05, 4.69) is 25.9 Å². The van der Waals surface area contributed by atoms with Gasteiger partial charge in [-0.3, -0.25) is 4.79 Å². The number of hydrogen-bond acceptors (Lipinski definition) is 5. The molecule has 6 nitrogen and oxygen atoms in total. The lowest BCUT2D eigenvalue weighted by Crippen LogP contribution is -2.40. The average Bonchev–Trinajstić information content (AvgIpc) is 2.65. The molecule has 1 aromatic heterocycles. The maximum absolute atomic E-state index is 13.7. The van der Waals surface area contributed by atoms with Crippen LogP contribution in [0.3, 0.4) is 0 Å². The van der Waals surface area contributed by atoms with Gasteiger partial charge in [-0.2, -0.15) is 4.98 Å². The lowest BCUT2D eigenvalue weighted by molar-refractivity contribution is 0.0921. The molecule has 2 aromatic rings. The second-order valence-electron chi connectivity index (χ2n) is 6.28. The number of nitrogens with one attached hydrogen (secondary N) is 3. The number of amides is 1. The minimum atomic E-state index is -1.11. The van der Waals surface area contributed by atoms with Crippen LogP contribution in [0.25, 0.3) is 0 Å². The number of aromatic nitrogens is 2. The molecule has 3 rings (SSSR count). The summed E-state index contributed by atoms with van der Waals surface area (Å²) in [5, 5.41) is 9.05. The fourth-order valence-corrected chi connectivity index (χ4v) is 3.07. The van der Waals surface area contributed by atoms with Gasteiger partial charge in [-0.25, -0.2) is 13.8 Å². The number of nitrogens with zero attached hydrogens (tertiary/aromatic N) is 2. The van der Waals surface area contributed by atoms with E-state index < -0.39 is 17.5 Å². The number of rotatable bonds is 5. The lowest BCUT2D eigenvalue weighted by Gasteiger charge is -2.29. The molecule has 0 bridgehead atoms. The molecule has 8 heteroatoms. The van der Waals surface area contributed by atoms with Gasteiger partial charge in [0.1, 0.15) is 5.82 Å². The summed E-state index contributed by atoms with van der Waals surface area (Å²) < 4.78 is 27.0. The van der Waals surface area contributed by atoms with Gasteiger partial charge in [-0.1, -0.05) is 6.07 Å². The predicted molar refractivity (Wildman–Crippen MR) is 95.1 cm³/mol. The normalized spacial score (nSPS) is 19.7. The molecule has 1 amide bonds. The quantitative estimate of drug-likeness (QED) is 0.763. The Morgan fingerprint density at radius 1 is 1.12 bits per heavy atom. The summed E-state index contributed by atoms with van der Waals surface area (Å²) >= 11 is 0. The van der Waals surface area contributed by atoms with Crippen LogP contribution in [0.2, 0.25) is 0 Å². The third-order valence-electron chi connectivity index (χ3n) is 4.50. The monoisotopic (exact) mass is 361 g/mol. The van der Waals surface area contributed by atoms with Gasteiger partial charge in [-0.15, -0.1) is 0 Å². The van der Waals surface area contributed by atoms with E-state index in [1.54, 1.807) is 19.3 Å². The van der Waals surface area contributed by atoms with Crippen LogP contribution in [0, 0.1) is 11.6 Å². The average molecular weight is 361 g/mol. The Balaban J connectivity index is 1.52. The number of carbonyl (C=O) groups excluding carboxylic acids is 1. The highest BCUT2D eigenvalue weighted by molar-refractivity contribution is 5.94. The topological polar surface area (TPSA) is 78.9 Å². The molecule has 0 aliphatic heterocycles. The van der Waals surface area contributed by atoms with Crippen molar-refractivity contribution in [2.24, 2.45) is 0 Å². The number of halogens is 2. The highest BCUT2D eigenvalue weighted by atomic mass is 19.2. The van der Waals surface area contributed by atoms with E-state index >= 15 is 0 Å². The SMILES string of the molecule is CNc1ccnc(NC2CCC(NC(=O)c3cccc(F)c3F)CC2)n1. The largest absolute Gasteiger partial charge is 0.373 e. The molecule has 1 aromatic carbocycles. The highest BCUT2D eigenvalue weighted by Gasteiger charge is 2.24. The van der Waals surface area contributed by atoms with Crippen LogP contribution >= 0.6 is 0 Å². The molecule has 1 fully saturated rings. The molecule has 0 radical (unpaired) electrons. The lowest BCUT2D eigenvalue weighted by atomic mass is 9.91. The third-order valence-corrected chi connectivity index (χ3v) is 4.50. The number of anilines is 2. The summed E-state index contributed by atoms with van der Waals surface area (Å²) in [4.78, 5) is 20.7. The van der Waals surface area contributed by atoms with Crippen molar-refractivity contribution in [2.45, 2.75) is 37.8 Å². The van der Waals surface area contributed by atoms with Crippen molar-refractivity contribution >= 4 is 17.7 Å². The Morgan fingerprint density at radius 3 is 2.58 bits per heavy atom. The minimum Gasteiger partial charge on any atom is -0.373 e. The van der Waals surface area contributed by atoms with Crippen LogP contribution in [0.4, 0.5) is 20.5 Å². The highest BCUT2D eigenvalue weighted by Crippen LogP contribution is 2.22. The van der Waals surface area contributed by atoms with Crippen molar-refractivity contribution in [3.63, 3.8) is 0 Å². The maximum Gasteiger partial charge on any atom is 0.254 e. The van der Waals surface area contributed by atoms with Gasteiger partial charge < -0.3 is 16.0 Å². The molecule has 1 heterocycles. The molecule has 0 spiro atoms. The van der Waals surface area contributed by atoms with Crippen LogP contribution in [0.5, 0.6) is 0 Å². The fraction of sp³-hybridized carbons (Fsp3) is 0.389. The zero-order chi connectivity index (χ0) is 18.5. The molecular formula is C18H21F2N5O. The Kier molecular flexibility index (Phi) is 5.60. The summed E-state index contributed by atoms with van der Waals surface area (Å²) in [6, 6.07) is 5.53. The Hall–Kier alpha value is -2.77. The van der Waals surface area contributed by atoms with Crippen LogP contribution in [0.1, 0.15) is 36.0 Å². The Labute approximate surface area is 150 Å². The first-order chi connectivity index (χ1) is 12.6. The summed E-state index contributed by atoms with van der Waals surface area (Å²) in [6.45, 7) is 0. The van der Waals surface area contributed by atoms with Gasteiger partial charge in [0, 0.05) is 25.3 Å². The van der Waals surface area contributed by atoms with Crippen molar-refractivity contribution in [1.82, 2.24) is 15.3 Å². The molecule has 1 aliphatic carbocycles. The Bertz CT molecular complexity index is 778. The second-order valence-corrected chi connectivity index (χ2v) is 6.28. The van der Waals surface area contributed by atoms with E-state index in [0.29, 0.717) is 5.95 Å². The molecular weight excluding hydrogens is 340 g/mol. The van der Waals surface area contributed by atoms with Crippen LogP contribution in [-0.2, 0) is 0 Å². The molecule has 1 aliphatic rings. The number of hydrogen-bond donors (Lipinski definition) is 3. The fourth-order valence-electron chi connectivity index (χ4n) is 3.07. The zero-order valence-electron chi connectivity index (χ0n) is 14.4. The van der Waals surface area contributed by atoms with Crippen molar-refractivity contribution in [3.05, 3.63) is 47.7 Å². The van der Waals surface area contributed by atoms with Crippen LogP contribution < -0.4 is 16.0 Å². The summed E-state index contributed by atoms with van der Waals surface area (Å²) in [5.41, 5.74) is -0.262. The molecule has 0 saturated heterocycles. The van der Waals surface area contributed by atoms with Gasteiger partial charge in [0.25, 0.3) is 5.91 Å². The summed E-state index contributed by atoms with van der Waals surface area (Å²) in [6.07, 6.45) is 4.81. The molecule has 3 N–H and O–H groups in total. The van der Waals surface area contributed by atoms with Crippen LogP contribution in [-0.4, -0.2) is 35.0 Å². The minimum absolute atomic E-state index is 0.0622. The van der Waals surface area contributed by atoms with E-state index in [0.717, 1.165) is 37.6 Å². The van der Waals surface area contributed by atoms with Gasteiger partial charge in [0.05, 0.1) is 5.56 Å².